The molecule has 0 bridgehead atoms. The third-order valence-corrected chi connectivity index (χ3v) is 3.90. The highest BCUT2D eigenvalue weighted by Gasteiger charge is 2.10. The van der Waals surface area contributed by atoms with E-state index in [0.717, 1.165) is 4.90 Å². The molecule has 0 fully saturated rings. The van der Waals surface area contributed by atoms with Crippen LogP contribution in [0.25, 0.3) is 10.8 Å². The molecule has 0 aromatic heterocycles. The Morgan fingerprint density at radius 1 is 1.24 bits per heavy atom. The normalized spacial score (nSPS) is 12.5. The van der Waals surface area contributed by atoms with Crippen LogP contribution in [-0.2, 0) is 4.79 Å². The fraction of sp³-hybridized carbons (Fsp3) is 0.214. The van der Waals surface area contributed by atoms with Crippen LogP contribution in [0.1, 0.15) is 6.92 Å². The lowest BCUT2D eigenvalue weighted by atomic mass is 10.1. The van der Waals surface area contributed by atoms with Crippen LogP contribution in [0.4, 0.5) is 0 Å². The van der Waals surface area contributed by atoms with E-state index in [1.54, 1.807) is 18.7 Å². The SMILES string of the molecule is CC(CSc1ccc2ccccc2c1)C(=O)O. The van der Waals surface area contributed by atoms with Crippen LogP contribution in [0.15, 0.2) is 47.4 Å². The summed E-state index contributed by atoms with van der Waals surface area (Å²) in [5.74, 6) is -0.446. The van der Waals surface area contributed by atoms with Crippen molar-refractivity contribution in [2.45, 2.75) is 11.8 Å². The van der Waals surface area contributed by atoms with Crippen molar-refractivity contribution >= 4 is 28.5 Å². The molecular weight excluding hydrogens is 232 g/mol. The number of thioether (sulfide) groups is 1. The Morgan fingerprint density at radius 2 is 1.94 bits per heavy atom. The fourth-order valence-electron chi connectivity index (χ4n) is 1.55. The lowest BCUT2D eigenvalue weighted by Crippen LogP contribution is -2.11. The molecule has 0 aliphatic rings. The zero-order chi connectivity index (χ0) is 12.3. The van der Waals surface area contributed by atoms with Gasteiger partial charge in [-0.1, -0.05) is 37.3 Å². The Morgan fingerprint density at radius 3 is 2.65 bits per heavy atom. The molecule has 17 heavy (non-hydrogen) atoms. The third kappa shape index (κ3) is 3.01. The molecule has 0 amide bonds. The van der Waals surface area contributed by atoms with Gasteiger partial charge in [-0.05, 0) is 22.9 Å². The molecule has 88 valence electrons. The van der Waals surface area contributed by atoms with E-state index in [9.17, 15) is 4.79 Å². The molecule has 0 radical (unpaired) electrons. The molecule has 2 aromatic carbocycles. The maximum absolute atomic E-state index is 10.7. The predicted octanol–water partition coefficient (Wildman–Crippen LogP) is 3.65. The second-order valence-electron chi connectivity index (χ2n) is 4.06. The molecule has 2 rings (SSSR count). The van der Waals surface area contributed by atoms with Gasteiger partial charge in [0.1, 0.15) is 0 Å². The zero-order valence-electron chi connectivity index (χ0n) is 9.59. The first-order valence-electron chi connectivity index (χ1n) is 5.51. The summed E-state index contributed by atoms with van der Waals surface area (Å²) in [7, 11) is 0. The summed E-state index contributed by atoms with van der Waals surface area (Å²) in [5, 5.41) is 11.2. The minimum atomic E-state index is -0.738. The number of carboxylic acids is 1. The molecular formula is C14H14O2S. The van der Waals surface area contributed by atoms with E-state index in [2.05, 4.69) is 24.3 Å². The standard InChI is InChI=1S/C14H14O2S/c1-10(14(15)16)9-17-13-7-6-11-4-2-3-5-12(11)8-13/h2-8,10H,9H2,1H3,(H,15,16). The molecule has 0 spiro atoms. The number of hydrogen-bond donors (Lipinski definition) is 1. The van der Waals surface area contributed by atoms with Crippen LogP contribution < -0.4 is 0 Å². The molecule has 1 atom stereocenters. The lowest BCUT2D eigenvalue weighted by Gasteiger charge is -2.06. The summed E-state index contributed by atoms with van der Waals surface area (Å²) in [6.07, 6.45) is 0. The van der Waals surface area contributed by atoms with Gasteiger partial charge in [-0.15, -0.1) is 11.8 Å². The molecule has 0 aliphatic carbocycles. The van der Waals surface area contributed by atoms with Gasteiger partial charge in [-0.2, -0.15) is 0 Å². The predicted molar refractivity (Wildman–Crippen MR) is 71.5 cm³/mol. The second kappa shape index (κ2) is 5.23. The highest BCUT2D eigenvalue weighted by atomic mass is 32.2. The molecule has 1 unspecified atom stereocenters. The number of fused-ring (bicyclic) bond motifs is 1. The first kappa shape index (κ1) is 12.0. The molecule has 3 heteroatoms. The van der Waals surface area contributed by atoms with Gasteiger partial charge in [0.05, 0.1) is 5.92 Å². The summed E-state index contributed by atoms with van der Waals surface area (Å²) in [6, 6.07) is 14.4. The average molecular weight is 246 g/mol. The smallest absolute Gasteiger partial charge is 0.307 e. The van der Waals surface area contributed by atoms with E-state index >= 15 is 0 Å². The van der Waals surface area contributed by atoms with Gasteiger partial charge in [0.2, 0.25) is 0 Å². The van der Waals surface area contributed by atoms with E-state index in [1.807, 2.05) is 18.2 Å². The molecule has 0 heterocycles. The first-order chi connectivity index (χ1) is 8.16. The Hall–Kier alpha value is -1.48. The minimum Gasteiger partial charge on any atom is -0.481 e. The number of hydrogen-bond acceptors (Lipinski definition) is 2. The van der Waals surface area contributed by atoms with Crippen molar-refractivity contribution in [3.63, 3.8) is 0 Å². The van der Waals surface area contributed by atoms with Crippen molar-refractivity contribution < 1.29 is 9.90 Å². The van der Waals surface area contributed by atoms with Crippen LogP contribution in [0.3, 0.4) is 0 Å². The van der Waals surface area contributed by atoms with Crippen molar-refractivity contribution in [1.29, 1.82) is 0 Å². The summed E-state index contributed by atoms with van der Waals surface area (Å²) in [5.41, 5.74) is 0. The van der Waals surface area contributed by atoms with E-state index in [4.69, 9.17) is 5.11 Å². The summed E-state index contributed by atoms with van der Waals surface area (Å²) in [6.45, 7) is 1.73. The van der Waals surface area contributed by atoms with Crippen molar-refractivity contribution in [2.24, 2.45) is 5.92 Å². The number of carbonyl (C=O) groups is 1. The molecule has 0 aliphatic heterocycles. The number of aliphatic carboxylic acids is 1. The first-order valence-corrected chi connectivity index (χ1v) is 6.50. The molecule has 0 saturated carbocycles. The largest absolute Gasteiger partial charge is 0.481 e. The van der Waals surface area contributed by atoms with Crippen LogP contribution in [0, 0.1) is 5.92 Å². The summed E-state index contributed by atoms with van der Waals surface area (Å²) < 4.78 is 0. The van der Waals surface area contributed by atoms with Gasteiger partial charge < -0.3 is 5.11 Å². The Kier molecular flexibility index (Phi) is 3.69. The van der Waals surface area contributed by atoms with Crippen LogP contribution in [0.2, 0.25) is 0 Å². The molecule has 0 saturated heterocycles. The van der Waals surface area contributed by atoms with Gasteiger partial charge in [0.15, 0.2) is 0 Å². The van der Waals surface area contributed by atoms with Gasteiger partial charge in [-0.3, -0.25) is 4.79 Å². The van der Waals surface area contributed by atoms with Gasteiger partial charge in [0, 0.05) is 10.6 Å². The Balaban J connectivity index is 2.12. The Labute approximate surface area is 105 Å². The number of carboxylic acid groups (broad SMARTS) is 1. The highest BCUT2D eigenvalue weighted by Crippen LogP contribution is 2.25. The number of rotatable bonds is 4. The summed E-state index contributed by atoms with van der Waals surface area (Å²) >= 11 is 1.59. The second-order valence-corrected chi connectivity index (χ2v) is 5.15. The van der Waals surface area contributed by atoms with Crippen LogP contribution >= 0.6 is 11.8 Å². The minimum absolute atomic E-state index is 0.313. The quantitative estimate of drug-likeness (QED) is 0.837. The summed E-state index contributed by atoms with van der Waals surface area (Å²) in [4.78, 5) is 11.8. The van der Waals surface area contributed by atoms with E-state index in [-0.39, 0.29) is 5.92 Å². The van der Waals surface area contributed by atoms with Crippen LogP contribution in [-0.4, -0.2) is 16.8 Å². The van der Waals surface area contributed by atoms with Crippen molar-refractivity contribution in [3.05, 3.63) is 42.5 Å². The highest BCUT2D eigenvalue weighted by molar-refractivity contribution is 7.99. The lowest BCUT2D eigenvalue weighted by molar-refractivity contribution is -0.140. The molecule has 2 aromatic rings. The molecule has 2 nitrogen and oxygen atoms in total. The fourth-order valence-corrected chi connectivity index (χ4v) is 2.51. The average Bonchev–Trinajstić information content (AvgIpc) is 2.35. The van der Waals surface area contributed by atoms with E-state index in [0.29, 0.717) is 5.75 Å². The maximum atomic E-state index is 10.7. The van der Waals surface area contributed by atoms with Gasteiger partial charge in [0.25, 0.3) is 0 Å². The topological polar surface area (TPSA) is 37.3 Å². The van der Waals surface area contributed by atoms with Crippen molar-refractivity contribution in [3.8, 4) is 0 Å². The van der Waals surface area contributed by atoms with Gasteiger partial charge >= 0.3 is 5.97 Å². The van der Waals surface area contributed by atoms with Crippen molar-refractivity contribution in [1.82, 2.24) is 0 Å². The van der Waals surface area contributed by atoms with Crippen molar-refractivity contribution in [2.75, 3.05) is 5.75 Å². The third-order valence-electron chi connectivity index (χ3n) is 2.64. The number of benzene rings is 2. The van der Waals surface area contributed by atoms with E-state index < -0.39 is 5.97 Å². The monoisotopic (exact) mass is 246 g/mol. The maximum Gasteiger partial charge on any atom is 0.307 e. The Bertz CT molecular complexity index is 536. The van der Waals surface area contributed by atoms with Crippen LogP contribution in [0.5, 0.6) is 0 Å². The molecule has 1 N–H and O–H groups in total. The van der Waals surface area contributed by atoms with E-state index in [1.165, 1.54) is 10.8 Å². The van der Waals surface area contributed by atoms with Gasteiger partial charge in [-0.25, -0.2) is 0 Å². The zero-order valence-corrected chi connectivity index (χ0v) is 10.4.